The lowest BCUT2D eigenvalue weighted by atomic mass is 10.00. The Labute approximate surface area is 231 Å². The first kappa shape index (κ1) is 29.2. The Morgan fingerprint density at radius 1 is 1.21 bits per heavy atom. The summed E-state index contributed by atoms with van der Waals surface area (Å²) in [6.45, 7) is 15.6. The van der Waals surface area contributed by atoms with Gasteiger partial charge in [-0.25, -0.2) is 4.98 Å². The second kappa shape index (κ2) is 12.4. The van der Waals surface area contributed by atoms with Crippen LogP contribution in [0.4, 0.5) is 17.3 Å². The molecule has 1 unspecified atom stereocenters. The first-order chi connectivity index (χ1) is 18.0. The van der Waals surface area contributed by atoms with Gasteiger partial charge in [-0.15, -0.1) is 0 Å². The molecular weight excluding hydrogens is 500 g/mol. The van der Waals surface area contributed by atoms with E-state index in [9.17, 15) is 9.59 Å². The van der Waals surface area contributed by atoms with E-state index < -0.39 is 0 Å². The Morgan fingerprint density at radius 2 is 1.89 bits per heavy atom. The summed E-state index contributed by atoms with van der Waals surface area (Å²) >= 11 is 6.83. The summed E-state index contributed by atoms with van der Waals surface area (Å²) in [6.07, 6.45) is 2.15. The van der Waals surface area contributed by atoms with Gasteiger partial charge in [0, 0.05) is 45.8 Å². The van der Waals surface area contributed by atoms with Gasteiger partial charge >= 0.3 is 0 Å². The third-order valence-electron chi connectivity index (χ3n) is 7.04. The maximum atomic E-state index is 12.8. The lowest BCUT2D eigenvalue weighted by molar-refractivity contribution is -0.128. The van der Waals surface area contributed by atoms with Gasteiger partial charge in [0.1, 0.15) is 11.7 Å². The number of nitrogens with zero attached hydrogens (tertiary/aromatic N) is 6. The molecule has 2 heterocycles. The van der Waals surface area contributed by atoms with Crippen molar-refractivity contribution in [3.63, 3.8) is 0 Å². The van der Waals surface area contributed by atoms with Crippen molar-refractivity contribution < 1.29 is 9.59 Å². The number of halogens is 1. The van der Waals surface area contributed by atoms with Crippen LogP contribution in [0.1, 0.15) is 51.7 Å². The number of hydrogen-bond donors (Lipinski definition) is 0. The van der Waals surface area contributed by atoms with E-state index in [4.69, 9.17) is 16.6 Å². The fourth-order valence-electron chi connectivity index (χ4n) is 4.73. The molecule has 1 atom stereocenters. The second-order valence-electron chi connectivity index (χ2n) is 10.1. The predicted molar refractivity (Wildman–Crippen MR) is 157 cm³/mol. The number of amides is 2. The number of pyridine rings is 1. The molecule has 0 bridgehead atoms. The third kappa shape index (κ3) is 5.85. The van der Waals surface area contributed by atoms with Crippen molar-refractivity contribution >= 4 is 47.1 Å². The molecule has 1 aromatic carbocycles. The first-order valence-electron chi connectivity index (χ1n) is 13.0. The van der Waals surface area contributed by atoms with Gasteiger partial charge in [-0.3, -0.25) is 19.5 Å². The lowest BCUT2D eigenvalue weighted by Crippen LogP contribution is -2.55. The minimum Gasteiger partial charge on any atom is -0.356 e. The zero-order chi connectivity index (χ0) is 28.1. The highest BCUT2D eigenvalue weighted by Gasteiger charge is 2.32. The fourth-order valence-corrected chi connectivity index (χ4v) is 5.02. The van der Waals surface area contributed by atoms with Crippen LogP contribution in [0, 0.1) is 0 Å². The smallest absolute Gasteiger partial charge is 0.246 e. The van der Waals surface area contributed by atoms with Crippen LogP contribution in [0.3, 0.4) is 0 Å². The molecule has 0 N–H and O–H groups in total. The van der Waals surface area contributed by atoms with E-state index in [1.807, 2.05) is 42.3 Å². The summed E-state index contributed by atoms with van der Waals surface area (Å²) < 4.78 is 0. The van der Waals surface area contributed by atoms with Crippen LogP contribution in [0.2, 0.25) is 5.02 Å². The van der Waals surface area contributed by atoms with Gasteiger partial charge in [0.05, 0.1) is 16.3 Å². The second-order valence-corrected chi connectivity index (χ2v) is 10.5. The molecule has 8 nitrogen and oxygen atoms in total. The molecule has 2 amide bonds. The summed E-state index contributed by atoms with van der Waals surface area (Å²) in [5.41, 5.74) is 2.44. The standard InChI is InChI=1S/C29H39ClN6O2/c1-9-26(38)34-14-15-35(21(6)17-34)27(31-7)23-16-24(30)29(33(8)20(4)5)32-28(23)36(18-37)25-13-11-10-12-22(25)19(2)3/h9-13,16,18-21H,1,14-15,17H2,2-8H3. The number of para-hydroxylation sites is 1. The van der Waals surface area contributed by atoms with Gasteiger partial charge in [0.15, 0.2) is 5.82 Å². The molecule has 0 aliphatic carbocycles. The summed E-state index contributed by atoms with van der Waals surface area (Å²) in [6, 6.07) is 9.82. The van der Waals surface area contributed by atoms with Crippen LogP contribution in [0.5, 0.6) is 0 Å². The van der Waals surface area contributed by atoms with Crippen LogP contribution in [-0.2, 0) is 9.59 Å². The quantitative estimate of drug-likeness (QED) is 0.202. The third-order valence-corrected chi connectivity index (χ3v) is 7.31. The number of rotatable bonds is 8. The molecule has 1 aliphatic heterocycles. The molecule has 38 heavy (non-hydrogen) atoms. The molecule has 0 radical (unpaired) electrons. The lowest BCUT2D eigenvalue weighted by Gasteiger charge is -2.41. The molecule has 0 saturated carbocycles. The minimum atomic E-state index is -0.0876. The van der Waals surface area contributed by atoms with Crippen LogP contribution in [-0.4, -0.2) is 78.7 Å². The van der Waals surface area contributed by atoms with Crippen LogP contribution >= 0.6 is 11.6 Å². The van der Waals surface area contributed by atoms with Gasteiger partial charge in [-0.1, -0.05) is 50.2 Å². The van der Waals surface area contributed by atoms with Gasteiger partial charge < -0.3 is 14.7 Å². The van der Waals surface area contributed by atoms with Gasteiger partial charge in [-0.2, -0.15) is 0 Å². The number of hydrogen-bond acceptors (Lipinski definition) is 5. The van der Waals surface area contributed by atoms with Crippen LogP contribution < -0.4 is 9.80 Å². The molecular formula is C29H39ClN6O2. The van der Waals surface area contributed by atoms with E-state index in [0.717, 1.165) is 17.7 Å². The monoisotopic (exact) mass is 538 g/mol. The molecule has 1 fully saturated rings. The van der Waals surface area contributed by atoms with Crippen LogP contribution in [0.15, 0.2) is 48.0 Å². The number of anilines is 3. The number of benzene rings is 1. The van der Waals surface area contributed by atoms with Crippen molar-refractivity contribution in [2.75, 3.05) is 43.5 Å². The number of piperazine rings is 1. The summed E-state index contributed by atoms with van der Waals surface area (Å²) in [4.78, 5) is 42.2. The van der Waals surface area contributed by atoms with Crippen molar-refractivity contribution in [2.45, 2.75) is 52.6 Å². The number of amidine groups is 1. The molecule has 1 aromatic heterocycles. The SMILES string of the molecule is C=CC(=O)N1CCN(C(=NC)c2cc(Cl)c(N(C)C(C)C)nc2N(C=O)c2ccccc2C(C)C)C(C)C1. The first-order valence-corrected chi connectivity index (χ1v) is 13.3. The minimum absolute atomic E-state index is 0.0244. The molecule has 1 aliphatic rings. The average molecular weight is 539 g/mol. The summed E-state index contributed by atoms with van der Waals surface area (Å²) in [5.74, 6) is 1.81. The van der Waals surface area contributed by atoms with Crippen molar-refractivity contribution in [2.24, 2.45) is 4.99 Å². The number of carbonyl (C=O) groups is 2. The Hall–Kier alpha value is -3.39. The molecule has 204 valence electrons. The maximum Gasteiger partial charge on any atom is 0.246 e. The van der Waals surface area contributed by atoms with Crippen molar-refractivity contribution in [3.05, 3.63) is 59.1 Å². The Bertz CT molecular complexity index is 1210. The van der Waals surface area contributed by atoms with E-state index in [2.05, 4.69) is 51.1 Å². The fraction of sp³-hybridized carbons (Fsp3) is 0.448. The number of carbonyl (C=O) groups excluding carboxylic acids is 2. The Kier molecular flexibility index (Phi) is 9.55. The zero-order valence-electron chi connectivity index (χ0n) is 23.5. The molecule has 0 spiro atoms. The molecule has 3 rings (SSSR count). The maximum absolute atomic E-state index is 12.8. The topological polar surface area (TPSA) is 72.4 Å². The average Bonchev–Trinajstić information content (AvgIpc) is 2.90. The van der Waals surface area contributed by atoms with E-state index >= 15 is 0 Å². The van der Waals surface area contributed by atoms with E-state index in [0.29, 0.717) is 47.7 Å². The predicted octanol–water partition coefficient (Wildman–Crippen LogP) is 5.09. The largest absolute Gasteiger partial charge is 0.356 e. The van der Waals surface area contributed by atoms with E-state index in [1.54, 1.807) is 16.8 Å². The normalized spacial score (nSPS) is 16.2. The van der Waals surface area contributed by atoms with Crippen LogP contribution in [0.25, 0.3) is 0 Å². The highest BCUT2D eigenvalue weighted by atomic mass is 35.5. The van der Waals surface area contributed by atoms with Crippen molar-refractivity contribution in [1.82, 2.24) is 14.8 Å². The Morgan fingerprint density at radius 3 is 2.45 bits per heavy atom. The van der Waals surface area contributed by atoms with Gasteiger partial charge in [0.25, 0.3) is 0 Å². The summed E-state index contributed by atoms with van der Waals surface area (Å²) in [5, 5.41) is 0.470. The summed E-state index contributed by atoms with van der Waals surface area (Å²) in [7, 11) is 3.66. The van der Waals surface area contributed by atoms with Crippen molar-refractivity contribution in [1.29, 1.82) is 0 Å². The highest BCUT2D eigenvalue weighted by molar-refractivity contribution is 6.33. The van der Waals surface area contributed by atoms with Gasteiger partial charge in [0.2, 0.25) is 12.3 Å². The van der Waals surface area contributed by atoms with E-state index in [1.165, 1.54) is 6.08 Å². The zero-order valence-corrected chi connectivity index (χ0v) is 24.2. The van der Waals surface area contributed by atoms with Gasteiger partial charge in [-0.05, 0) is 50.5 Å². The van der Waals surface area contributed by atoms with E-state index in [-0.39, 0.29) is 23.9 Å². The molecule has 1 saturated heterocycles. The number of aromatic nitrogens is 1. The number of aliphatic imine (C=N–C) groups is 1. The highest BCUT2D eigenvalue weighted by Crippen LogP contribution is 2.37. The van der Waals surface area contributed by atoms with Crippen molar-refractivity contribution in [3.8, 4) is 0 Å². The molecule has 2 aromatic rings. The Balaban J connectivity index is 2.21. The molecule has 9 heteroatoms.